The Labute approximate surface area is 179 Å². The van der Waals surface area contributed by atoms with Crippen molar-refractivity contribution < 1.29 is 18.7 Å². The lowest BCUT2D eigenvalue weighted by molar-refractivity contribution is 0.0526. The average Bonchev–Trinajstić information content (AvgIpc) is 3.03. The highest BCUT2D eigenvalue weighted by atomic mass is 35.5. The average molecular weight is 435 g/mol. The van der Waals surface area contributed by atoms with E-state index in [9.17, 15) is 19.2 Å². The summed E-state index contributed by atoms with van der Waals surface area (Å²) in [7, 11) is 0. The molecular formula is C21H24ClFN4O3. The van der Waals surface area contributed by atoms with E-state index in [0.717, 1.165) is 0 Å². The van der Waals surface area contributed by atoms with Gasteiger partial charge in [-0.25, -0.2) is 9.18 Å². The maximum atomic E-state index is 14.1. The Kier molecular flexibility index (Phi) is 7.46. The zero-order valence-electron chi connectivity index (χ0n) is 17.3. The third-order valence-electron chi connectivity index (χ3n) is 4.11. The van der Waals surface area contributed by atoms with Crippen LogP contribution in [0.3, 0.4) is 0 Å². The molecule has 1 atom stereocenters. The molecule has 1 heterocycles. The minimum absolute atomic E-state index is 0.146. The van der Waals surface area contributed by atoms with E-state index in [0.29, 0.717) is 0 Å². The highest BCUT2D eigenvalue weighted by Gasteiger charge is 2.21. The number of aromatic nitrogens is 1. The molecule has 0 unspecified atom stereocenters. The normalized spacial score (nSPS) is 12.0. The van der Waals surface area contributed by atoms with E-state index in [1.54, 1.807) is 33.8 Å². The maximum absolute atomic E-state index is 14.1. The second-order valence-corrected chi connectivity index (χ2v) is 8.03. The molecule has 2 N–H and O–H groups in total. The van der Waals surface area contributed by atoms with Gasteiger partial charge in [0.25, 0.3) is 5.91 Å². The van der Waals surface area contributed by atoms with E-state index >= 15 is 0 Å². The van der Waals surface area contributed by atoms with Crippen molar-refractivity contribution in [2.24, 2.45) is 0 Å². The van der Waals surface area contributed by atoms with Gasteiger partial charge in [-0.05, 0) is 52.0 Å². The Morgan fingerprint density at radius 2 is 2.00 bits per heavy atom. The number of hydrogen-bond acceptors (Lipinski definition) is 4. The minimum Gasteiger partial charge on any atom is -0.444 e. The summed E-state index contributed by atoms with van der Waals surface area (Å²) in [6.45, 7) is 7.18. The number of nitrogens with zero attached hydrogens (tertiary/aromatic N) is 2. The van der Waals surface area contributed by atoms with Crippen molar-refractivity contribution in [1.29, 1.82) is 5.26 Å². The summed E-state index contributed by atoms with van der Waals surface area (Å²) < 4.78 is 20.8. The van der Waals surface area contributed by atoms with Crippen LogP contribution in [-0.4, -0.2) is 28.7 Å². The second-order valence-electron chi connectivity index (χ2n) is 7.63. The Morgan fingerprint density at radius 3 is 2.60 bits per heavy atom. The van der Waals surface area contributed by atoms with E-state index in [4.69, 9.17) is 16.3 Å². The first kappa shape index (κ1) is 23.2. The standard InChI is InChI=1S/C21H24ClFN4O3/c1-13(18-15(22)6-5-7-16(18)23)26-19(28)17-9-8-14(12-24)27(17)11-10-25-20(29)30-21(2,3)4/h5-9,13H,10-11H2,1-4H3,(H,25,29)(H,26,28)/t13-/m0/s1. The van der Waals surface area contributed by atoms with E-state index in [-0.39, 0.29) is 35.1 Å². The molecule has 0 aliphatic carbocycles. The first-order valence-corrected chi connectivity index (χ1v) is 9.72. The summed E-state index contributed by atoms with van der Waals surface area (Å²) in [5.74, 6) is -1.02. The van der Waals surface area contributed by atoms with Gasteiger partial charge < -0.3 is 19.9 Å². The van der Waals surface area contributed by atoms with E-state index < -0.39 is 29.5 Å². The number of benzene rings is 1. The molecule has 0 fully saturated rings. The van der Waals surface area contributed by atoms with Crippen LogP contribution < -0.4 is 10.6 Å². The number of nitriles is 1. The number of nitrogens with one attached hydrogen (secondary N) is 2. The predicted octanol–water partition coefficient (Wildman–Crippen LogP) is 4.17. The van der Waals surface area contributed by atoms with Gasteiger partial charge in [-0.3, -0.25) is 4.79 Å². The second kappa shape index (κ2) is 9.63. The van der Waals surface area contributed by atoms with Gasteiger partial charge in [0.05, 0.1) is 6.04 Å². The van der Waals surface area contributed by atoms with Crippen LogP contribution in [0.15, 0.2) is 30.3 Å². The quantitative estimate of drug-likeness (QED) is 0.713. The highest BCUT2D eigenvalue weighted by molar-refractivity contribution is 6.31. The van der Waals surface area contributed by atoms with Crippen molar-refractivity contribution in [1.82, 2.24) is 15.2 Å². The smallest absolute Gasteiger partial charge is 0.407 e. The number of amides is 2. The van der Waals surface area contributed by atoms with Crippen molar-refractivity contribution in [3.8, 4) is 6.07 Å². The fourth-order valence-corrected chi connectivity index (χ4v) is 3.18. The fourth-order valence-electron chi connectivity index (χ4n) is 2.86. The molecule has 0 spiro atoms. The highest BCUT2D eigenvalue weighted by Crippen LogP contribution is 2.26. The van der Waals surface area contributed by atoms with E-state index in [1.165, 1.54) is 28.8 Å². The Hall–Kier alpha value is -3.05. The van der Waals surface area contributed by atoms with Gasteiger partial charge >= 0.3 is 6.09 Å². The number of hydrogen-bond donors (Lipinski definition) is 2. The number of carbonyl (C=O) groups is 2. The summed E-state index contributed by atoms with van der Waals surface area (Å²) in [6.07, 6.45) is -0.595. The van der Waals surface area contributed by atoms with Gasteiger partial charge in [-0.2, -0.15) is 5.26 Å². The van der Waals surface area contributed by atoms with Crippen molar-refractivity contribution in [3.05, 3.63) is 58.1 Å². The van der Waals surface area contributed by atoms with Crippen molar-refractivity contribution in [3.63, 3.8) is 0 Å². The number of alkyl carbamates (subject to hydrolysis) is 1. The van der Waals surface area contributed by atoms with Gasteiger partial charge in [0.15, 0.2) is 0 Å². The zero-order valence-corrected chi connectivity index (χ0v) is 18.0. The molecule has 0 aliphatic rings. The lowest BCUT2D eigenvalue weighted by Crippen LogP contribution is -2.35. The molecule has 2 rings (SSSR count). The van der Waals surface area contributed by atoms with Crippen LogP contribution in [0.25, 0.3) is 0 Å². The molecule has 0 bridgehead atoms. The summed E-state index contributed by atoms with van der Waals surface area (Å²) in [5.41, 5.74) is 0.00197. The summed E-state index contributed by atoms with van der Waals surface area (Å²) in [4.78, 5) is 24.6. The van der Waals surface area contributed by atoms with Crippen molar-refractivity contribution >= 4 is 23.6 Å². The molecule has 30 heavy (non-hydrogen) atoms. The van der Waals surface area contributed by atoms with Crippen LogP contribution in [0.4, 0.5) is 9.18 Å². The Bertz CT molecular complexity index is 955. The fraction of sp³-hybridized carbons (Fsp3) is 0.381. The molecule has 2 aromatic rings. The lowest BCUT2D eigenvalue weighted by atomic mass is 10.1. The predicted molar refractivity (Wildman–Crippen MR) is 111 cm³/mol. The molecule has 160 valence electrons. The number of ether oxygens (including phenoxy) is 1. The monoisotopic (exact) mass is 434 g/mol. The Balaban J connectivity index is 2.11. The molecular weight excluding hydrogens is 411 g/mol. The van der Waals surface area contributed by atoms with Gasteiger partial charge in [-0.1, -0.05) is 17.7 Å². The van der Waals surface area contributed by atoms with Crippen LogP contribution in [0.1, 0.15) is 55.5 Å². The van der Waals surface area contributed by atoms with Crippen LogP contribution in [0.5, 0.6) is 0 Å². The topological polar surface area (TPSA) is 96.1 Å². The maximum Gasteiger partial charge on any atom is 0.407 e. The van der Waals surface area contributed by atoms with Crippen LogP contribution in [-0.2, 0) is 11.3 Å². The molecule has 2 amide bonds. The minimum atomic E-state index is -0.694. The molecule has 0 saturated carbocycles. The lowest BCUT2D eigenvalue weighted by Gasteiger charge is -2.20. The molecule has 1 aromatic heterocycles. The van der Waals surface area contributed by atoms with Gasteiger partial charge in [-0.15, -0.1) is 0 Å². The first-order chi connectivity index (χ1) is 14.0. The van der Waals surface area contributed by atoms with Gasteiger partial charge in [0.1, 0.15) is 28.9 Å². The molecule has 0 aliphatic heterocycles. The Morgan fingerprint density at radius 1 is 1.30 bits per heavy atom. The number of halogens is 2. The van der Waals surface area contributed by atoms with Crippen LogP contribution in [0, 0.1) is 17.1 Å². The van der Waals surface area contributed by atoms with Crippen LogP contribution >= 0.6 is 11.6 Å². The SMILES string of the molecule is C[C@H](NC(=O)c1ccc(C#N)n1CCNC(=O)OC(C)(C)C)c1c(F)cccc1Cl. The number of carbonyl (C=O) groups excluding carboxylic acids is 2. The number of rotatable bonds is 6. The van der Waals surface area contributed by atoms with Gasteiger partial charge in [0, 0.05) is 23.7 Å². The molecule has 7 nitrogen and oxygen atoms in total. The van der Waals surface area contributed by atoms with E-state index in [1.807, 2.05) is 6.07 Å². The van der Waals surface area contributed by atoms with Crippen molar-refractivity contribution in [2.45, 2.75) is 45.9 Å². The van der Waals surface area contributed by atoms with E-state index in [2.05, 4.69) is 10.6 Å². The first-order valence-electron chi connectivity index (χ1n) is 9.34. The molecule has 1 aromatic carbocycles. The summed E-state index contributed by atoms with van der Waals surface area (Å²) in [5, 5.41) is 14.8. The largest absolute Gasteiger partial charge is 0.444 e. The molecule has 0 saturated heterocycles. The molecule has 9 heteroatoms. The van der Waals surface area contributed by atoms with Crippen molar-refractivity contribution in [2.75, 3.05) is 6.54 Å². The zero-order chi connectivity index (χ0) is 22.5. The van der Waals surface area contributed by atoms with Gasteiger partial charge in [0.2, 0.25) is 0 Å². The molecule has 0 radical (unpaired) electrons. The van der Waals surface area contributed by atoms with Crippen LogP contribution in [0.2, 0.25) is 5.02 Å². The summed E-state index contributed by atoms with van der Waals surface area (Å²) in [6, 6.07) is 8.61. The third kappa shape index (κ3) is 5.97. The summed E-state index contributed by atoms with van der Waals surface area (Å²) >= 11 is 6.06. The third-order valence-corrected chi connectivity index (χ3v) is 4.44.